The number of ether oxygens (including phenoxy) is 1. The van der Waals surface area contributed by atoms with Gasteiger partial charge in [0.1, 0.15) is 5.75 Å². The van der Waals surface area contributed by atoms with E-state index in [9.17, 15) is 4.79 Å². The normalized spacial score (nSPS) is 11.2. The van der Waals surface area contributed by atoms with Crippen molar-refractivity contribution in [3.8, 4) is 11.6 Å². The van der Waals surface area contributed by atoms with E-state index in [1.54, 1.807) is 4.40 Å². The van der Waals surface area contributed by atoms with Crippen LogP contribution in [0.3, 0.4) is 0 Å². The molecule has 0 amide bonds. The fraction of sp³-hybridized carbons (Fsp3) is 0.250. The Hall–Kier alpha value is -2.14. The van der Waals surface area contributed by atoms with Gasteiger partial charge in [0, 0.05) is 11.6 Å². The van der Waals surface area contributed by atoms with Crippen molar-refractivity contribution >= 4 is 22.6 Å². The number of benzene rings is 1. The first-order valence-corrected chi connectivity index (χ1v) is 7.67. The minimum Gasteiger partial charge on any atom is -0.437 e. The van der Waals surface area contributed by atoms with Crippen molar-refractivity contribution in [3.05, 3.63) is 46.6 Å². The molecular weight excluding hydrogens is 284 g/mol. The van der Waals surface area contributed by atoms with E-state index >= 15 is 0 Å². The molecule has 2 aromatic heterocycles. The Labute approximate surface area is 127 Å². The zero-order valence-corrected chi connectivity index (χ0v) is 13.0. The number of nitrogens with zero attached hydrogens (tertiary/aromatic N) is 2. The molecule has 21 heavy (non-hydrogen) atoms. The molecule has 0 aliphatic carbocycles. The van der Waals surface area contributed by atoms with Gasteiger partial charge in [-0.2, -0.15) is 4.98 Å². The number of imidazole rings is 1. The van der Waals surface area contributed by atoms with Gasteiger partial charge < -0.3 is 4.74 Å². The molecule has 0 aliphatic heterocycles. The Bertz CT molecular complexity index is 802. The summed E-state index contributed by atoms with van der Waals surface area (Å²) in [5, 5.41) is 1.89. The molecule has 3 rings (SSSR count). The SMILES string of the molecule is Cc1ccc(C(C)C)cc1Oc1nc2sccn2c1C=O. The first-order valence-electron chi connectivity index (χ1n) is 6.79. The number of hydrogen-bond donors (Lipinski definition) is 0. The van der Waals surface area contributed by atoms with Crippen molar-refractivity contribution in [1.82, 2.24) is 9.38 Å². The summed E-state index contributed by atoms with van der Waals surface area (Å²) in [6.07, 6.45) is 2.60. The number of aromatic nitrogens is 2. The lowest BCUT2D eigenvalue weighted by Crippen LogP contribution is -1.95. The quantitative estimate of drug-likeness (QED) is 0.669. The second-order valence-corrected chi connectivity index (χ2v) is 6.13. The molecule has 0 radical (unpaired) electrons. The van der Waals surface area contributed by atoms with Crippen LogP contribution >= 0.6 is 11.3 Å². The molecule has 0 fully saturated rings. The zero-order valence-electron chi connectivity index (χ0n) is 12.2. The average Bonchev–Trinajstić information content (AvgIpc) is 3.01. The fourth-order valence-corrected chi connectivity index (χ4v) is 2.87. The van der Waals surface area contributed by atoms with Gasteiger partial charge >= 0.3 is 0 Å². The number of hydrogen-bond acceptors (Lipinski definition) is 4. The first kappa shape index (κ1) is 13.8. The van der Waals surface area contributed by atoms with Crippen LogP contribution in [0, 0.1) is 6.92 Å². The standard InChI is InChI=1S/C16H16N2O2S/c1-10(2)12-5-4-11(3)14(8-12)20-15-13(9-19)18-6-7-21-16(18)17-15/h4-10H,1-3H3. The van der Waals surface area contributed by atoms with Gasteiger partial charge in [-0.1, -0.05) is 26.0 Å². The van der Waals surface area contributed by atoms with Crippen molar-refractivity contribution in [2.75, 3.05) is 0 Å². The van der Waals surface area contributed by atoms with E-state index in [4.69, 9.17) is 4.74 Å². The van der Waals surface area contributed by atoms with E-state index in [0.29, 0.717) is 17.5 Å². The number of aryl methyl sites for hydroxylation is 1. The van der Waals surface area contributed by atoms with E-state index in [1.165, 1.54) is 16.9 Å². The molecule has 0 atom stereocenters. The average molecular weight is 300 g/mol. The van der Waals surface area contributed by atoms with Crippen LogP contribution in [0.25, 0.3) is 4.96 Å². The highest BCUT2D eigenvalue weighted by atomic mass is 32.1. The molecule has 3 aromatic rings. The molecule has 108 valence electrons. The number of thiazole rings is 1. The van der Waals surface area contributed by atoms with E-state index in [1.807, 2.05) is 30.6 Å². The lowest BCUT2D eigenvalue weighted by Gasteiger charge is -2.11. The zero-order chi connectivity index (χ0) is 15.0. The van der Waals surface area contributed by atoms with Crippen molar-refractivity contribution in [2.45, 2.75) is 26.7 Å². The Morgan fingerprint density at radius 3 is 2.90 bits per heavy atom. The Balaban J connectivity index is 2.03. The van der Waals surface area contributed by atoms with Crippen molar-refractivity contribution in [3.63, 3.8) is 0 Å². The number of carbonyl (C=O) groups is 1. The van der Waals surface area contributed by atoms with Gasteiger partial charge in [-0.25, -0.2) is 0 Å². The van der Waals surface area contributed by atoms with Gasteiger partial charge in [-0.05, 0) is 30.0 Å². The minimum atomic E-state index is 0.362. The first-order chi connectivity index (χ1) is 10.1. The maximum atomic E-state index is 11.3. The Morgan fingerprint density at radius 2 is 2.19 bits per heavy atom. The van der Waals surface area contributed by atoms with Crippen LogP contribution in [0.2, 0.25) is 0 Å². The van der Waals surface area contributed by atoms with Gasteiger partial charge in [0.15, 0.2) is 16.9 Å². The van der Waals surface area contributed by atoms with Gasteiger partial charge in [0.25, 0.3) is 0 Å². The van der Waals surface area contributed by atoms with Gasteiger partial charge in [0.05, 0.1) is 0 Å². The second-order valence-electron chi connectivity index (χ2n) is 5.26. The molecule has 2 heterocycles. The Kier molecular flexibility index (Phi) is 3.51. The Morgan fingerprint density at radius 1 is 1.38 bits per heavy atom. The summed E-state index contributed by atoms with van der Waals surface area (Å²) in [6, 6.07) is 6.14. The molecule has 1 aromatic carbocycles. The highest BCUT2D eigenvalue weighted by Crippen LogP contribution is 2.31. The molecular formula is C16H16N2O2S. The summed E-state index contributed by atoms with van der Waals surface area (Å²) in [7, 11) is 0. The third-order valence-electron chi connectivity index (χ3n) is 3.46. The highest BCUT2D eigenvalue weighted by Gasteiger charge is 2.16. The van der Waals surface area contributed by atoms with E-state index in [-0.39, 0.29) is 0 Å². The summed E-state index contributed by atoms with van der Waals surface area (Å²) in [4.78, 5) is 16.5. The third-order valence-corrected chi connectivity index (χ3v) is 4.22. The molecule has 0 N–H and O–H groups in total. The van der Waals surface area contributed by atoms with Crippen LogP contribution in [0.4, 0.5) is 0 Å². The summed E-state index contributed by atoms with van der Waals surface area (Å²) in [6.45, 7) is 6.26. The van der Waals surface area contributed by atoms with Crippen LogP contribution in [-0.4, -0.2) is 15.7 Å². The van der Waals surface area contributed by atoms with E-state index in [2.05, 4.69) is 24.9 Å². The van der Waals surface area contributed by atoms with Gasteiger partial charge in [-0.3, -0.25) is 9.20 Å². The van der Waals surface area contributed by atoms with Crippen LogP contribution in [0.15, 0.2) is 29.8 Å². The summed E-state index contributed by atoms with van der Waals surface area (Å²) in [5.74, 6) is 1.53. The summed E-state index contributed by atoms with van der Waals surface area (Å²) < 4.78 is 7.65. The van der Waals surface area contributed by atoms with Gasteiger partial charge in [-0.15, -0.1) is 11.3 Å². The third kappa shape index (κ3) is 2.45. The molecule has 4 nitrogen and oxygen atoms in total. The lowest BCUT2D eigenvalue weighted by molar-refractivity contribution is 0.111. The number of fused-ring (bicyclic) bond motifs is 1. The van der Waals surface area contributed by atoms with Crippen molar-refractivity contribution in [1.29, 1.82) is 0 Å². The van der Waals surface area contributed by atoms with Crippen molar-refractivity contribution < 1.29 is 9.53 Å². The predicted octanol–water partition coefficient (Wildman–Crippen LogP) is 4.43. The van der Waals surface area contributed by atoms with Crippen LogP contribution < -0.4 is 4.74 Å². The molecule has 0 unspecified atom stereocenters. The summed E-state index contributed by atoms with van der Waals surface area (Å²) in [5.41, 5.74) is 2.66. The monoisotopic (exact) mass is 300 g/mol. The van der Waals surface area contributed by atoms with Crippen LogP contribution in [0.5, 0.6) is 11.6 Å². The molecule has 0 aliphatic rings. The topological polar surface area (TPSA) is 43.6 Å². The van der Waals surface area contributed by atoms with Crippen LogP contribution in [-0.2, 0) is 0 Å². The maximum Gasteiger partial charge on any atom is 0.250 e. The lowest BCUT2D eigenvalue weighted by atomic mass is 10.0. The second kappa shape index (κ2) is 5.33. The maximum absolute atomic E-state index is 11.3. The van der Waals surface area contributed by atoms with E-state index < -0.39 is 0 Å². The number of rotatable bonds is 4. The molecule has 0 bridgehead atoms. The molecule has 0 spiro atoms. The van der Waals surface area contributed by atoms with Crippen LogP contribution in [0.1, 0.15) is 41.4 Å². The molecule has 0 saturated heterocycles. The highest BCUT2D eigenvalue weighted by molar-refractivity contribution is 7.15. The predicted molar refractivity (Wildman–Crippen MR) is 83.8 cm³/mol. The van der Waals surface area contributed by atoms with Gasteiger partial charge in [0.2, 0.25) is 5.88 Å². The fourth-order valence-electron chi connectivity index (χ4n) is 2.16. The number of carbonyl (C=O) groups excluding carboxylic acids is 1. The summed E-state index contributed by atoms with van der Waals surface area (Å²) >= 11 is 1.47. The minimum absolute atomic E-state index is 0.362. The molecule has 0 saturated carbocycles. The smallest absolute Gasteiger partial charge is 0.250 e. The van der Waals surface area contributed by atoms with Crippen molar-refractivity contribution in [2.24, 2.45) is 0 Å². The molecule has 5 heteroatoms. The van der Waals surface area contributed by atoms with E-state index in [0.717, 1.165) is 22.6 Å². The largest absolute Gasteiger partial charge is 0.437 e. The number of aldehydes is 1.